The van der Waals surface area contributed by atoms with Crippen LogP contribution in [0.4, 0.5) is 0 Å². The minimum Gasteiger partial charge on any atom is -0.349 e. The van der Waals surface area contributed by atoms with Crippen LogP contribution in [0.15, 0.2) is 72.1 Å². The second-order valence-electron chi connectivity index (χ2n) is 7.06. The number of nitrogens with one attached hydrogen (secondary N) is 1. The molecule has 30 heavy (non-hydrogen) atoms. The third-order valence-electron chi connectivity index (χ3n) is 4.95. The highest BCUT2D eigenvalue weighted by Gasteiger charge is 2.15. The van der Waals surface area contributed by atoms with E-state index < -0.39 is 0 Å². The van der Waals surface area contributed by atoms with Crippen molar-refractivity contribution in [2.45, 2.75) is 25.0 Å². The number of halogens is 1. The minimum atomic E-state index is -0.0991. The van der Waals surface area contributed by atoms with Crippen LogP contribution in [-0.2, 0) is 4.79 Å². The topological polar surface area (TPSA) is 59.8 Å². The molecule has 0 spiro atoms. The second-order valence-corrected chi connectivity index (χ2v) is 8.41. The first-order valence-electron chi connectivity index (χ1n) is 9.59. The maximum absolute atomic E-state index is 12.6. The molecular weight excluding hydrogens is 416 g/mol. The van der Waals surface area contributed by atoms with Crippen molar-refractivity contribution in [1.29, 1.82) is 0 Å². The first-order chi connectivity index (χ1) is 14.5. The zero-order valence-electron chi connectivity index (χ0n) is 16.7. The zero-order valence-corrected chi connectivity index (χ0v) is 18.2. The highest BCUT2D eigenvalue weighted by Crippen LogP contribution is 2.26. The standard InChI is InChI=1S/C23H21ClN4OS/c1-15-10-11-18(12-21(15)24)28-14-25-27-23(28)30-13-22(29)26-16(2)19-9-5-7-17-6-3-4-8-20(17)19/h3-12,14,16H,13H2,1-2H3,(H,26,29)/t16-/m0/s1. The average molecular weight is 437 g/mol. The molecule has 4 rings (SSSR count). The molecule has 0 aliphatic rings. The van der Waals surface area contributed by atoms with Crippen LogP contribution in [0.5, 0.6) is 0 Å². The fourth-order valence-electron chi connectivity index (χ4n) is 3.35. The molecule has 1 N–H and O–H groups in total. The second kappa shape index (κ2) is 8.90. The van der Waals surface area contributed by atoms with Crippen LogP contribution in [0.2, 0.25) is 5.02 Å². The van der Waals surface area contributed by atoms with Gasteiger partial charge in [0.1, 0.15) is 6.33 Å². The quantitative estimate of drug-likeness (QED) is 0.414. The van der Waals surface area contributed by atoms with Crippen molar-refractivity contribution in [3.63, 3.8) is 0 Å². The van der Waals surface area contributed by atoms with Gasteiger partial charge in [0.25, 0.3) is 0 Å². The first kappa shape index (κ1) is 20.4. The van der Waals surface area contributed by atoms with Crippen LogP contribution < -0.4 is 5.32 Å². The molecule has 152 valence electrons. The van der Waals surface area contributed by atoms with Crippen molar-refractivity contribution < 1.29 is 4.79 Å². The van der Waals surface area contributed by atoms with Gasteiger partial charge in [-0.1, -0.05) is 71.9 Å². The van der Waals surface area contributed by atoms with Gasteiger partial charge in [-0.3, -0.25) is 9.36 Å². The van der Waals surface area contributed by atoms with E-state index in [0.29, 0.717) is 10.2 Å². The summed E-state index contributed by atoms with van der Waals surface area (Å²) < 4.78 is 1.83. The Morgan fingerprint density at radius 2 is 1.97 bits per heavy atom. The minimum absolute atomic E-state index is 0.0584. The molecule has 1 atom stereocenters. The SMILES string of the molecule is Cc1ccc(-n2cnnc2SCC(=O)N[C@@H](C)c2cccc3ccccc23)cc1Cl. The molecule has 1 amide bonds. The van der Waals surface area contributed by atoms with E-state index in [2.05, 4.69) is 39.8 Å². The predicted octanol–water partition coefficient (Wildman–Crippen LogP) is 5.35. The Bertz CT molecular complexity index is 1200. The summed E-state index contributed by atoms with van der Waals surface area (Å²) in [5.41, 5.74) is 2.97. The van der Waals surface area contributed by atoms with Gasteiger partial charge in [0.15, 0.2) is 5.16 Å². The molecule has 0 aliphatic heterocycles. The van der Waals surface area contributed by atoms with Crippen molar-refractivity contribution in [3.05, 3.63) is 83.1 Å². The summed E-state index contributed by atoms with van der Waals surface area (Å²) in [6.07, 6.45) is 1.62. The van der Waals surface area contributed by atoms with Crippen LogP contribution in [0.1, 0.15) is 24.1 Å². The number of thioether (sulfide) groups is 1. The third-order valence-corrected chi connectivity index (χ3v) is 6.30. The van der Waals surface area contributed by atoms with Crippen molar-refractivity contribution >= 4 is 40.0 Å². The van der Waals surface area contributed by atoms with Crippen LogP contribution >= 0.6 is 23.4 Å². The molecule has 0 saturated heterocycles. The number of nitrogens with zero attached hydrogens (tertiary/aromatic N) is 3. The molecule has 0 bridgehead atoms. The van der Waals surface area contributed by atoms with Gasteiger partial charge in [0.2, 0.25) is 5.91 Å². The molecule has 0 saturated carbocycles. The number of hydrogen-bond donors (Lipinski definition) is 1. The molecule has 1 aromatic heterocycles. The Balaban J connectivity index is 1.43. The molecule has 7 heteroatoms. The first-order valence-corrected chi connectivity index (χ1v) is 11.0. The van der Waals surface area contributed by atoms with Crippen LogP contribution in [0.3, 0.4) is 0 Å². The number of hydrogen-bond acceptors (Lipinski definition) is 4. The Kier molecular flexibility index (Phi) is 6.06. The molecule has 0 aliphatic carbocycles. The zero-order chi connectivity index (χ0) is 21.1. The van der Waals surface area contributed by atoms with Crippen LogP contribution in [-0.4, -0.2) is 26.4 Å². The van der Waals surface area contributed by atoms with E-state index in [9.17, 15) is 4.79 Å². The molecule has 5 nitrogen and oxygen atoms in total. The highest BCUT2D eigenvalue weighted by atomic mass is 35.5. The molecule has 1 heterocycles. The predicted molar refractivity (Wildman–Crippen MR) is 122 cm³/mol. The maximum atomic E-state index is 12.6. The van der Waals surface area contributed by atoms with E-state index in [1.54, 1.807) is 6.33 Å². The van der Waals surface area contributed by atoms with E-state index >= 15 is 0 Å². The van der Waals surface area contributed by atoms with Gasteiger partial charge in [0.05, 0.1) is 17.5 Å². The van der Waals surface area contributed by atoms with E-state index in [1.165, 1.54) is 11.8 Å². The molecule has 0 radical (unpaired) electrons. The van der Waals surface area contributed by atoms with Crippen molar-refractivity contribution in [1.82, 2.24) is 20.1 Å². The number of aryl methyl sites for hydroxylation is 1. The van der Waals surface area contributed by atoms with Crippen LogP contribution in [0, 0.1) is 6.92 Å². The number of carbonyl (C=O) groups is 1. The number of benzene rings is 3. The fourth-order valence-corrected chi connectivity index (χ4v) is 4.27. The van der Waals surface area contributed by atoms with E-state index in [-0.39, 0.29) is 17.7 Å². The van der Waals surface area contributed by atoms with Gasteiger partial charge in [-0.2, -0.15) is 0 Å². The largest absolute Gasteiger partial charge is 0.349 e. The molecule has 3 aromatic carbocycles. The van der Waals surface area contributed by atoms with Gasteiger partial charge in [0, 0.05) is 5.02 Å². The lowest BCUT2D eigenvalue weighted by atomic mass is 10.00. The summed E-state index contributed by atoms with van der Waals surface area (Å²) >= 11 is 7.58. The lowest BCUT2D eigenvalue weighted by molar-refractivity contribution is -0.119. The molecule has 4 aromatic rings. The molecule has 0 fully saturated rings. The van der Waals surface area contributed by atoms with E-state index in [1.807, 2.05) is 54.8 Å². The highest BCUT2D eigenvalue weighted by molar-refractivity contribution is 7.99. The smallest absolute Gasteiger partial charge is 0.230 e. The van der Waals surface area contributed by atoms with E-state index in [4.69, 9.17) is 11.6 Å². The Morgan fingerprint density at radius 1 is 1.17 bits per heavy atom. The summed E-state index contributed by atoms with van der Waals surface area (Å²) in [5, 5.41) is 14.9. The number of aromatic nitrogens is 3. The van der Waals surface area contributed by atoms with Gasteiger partial charge in [-0.25, -0.2) is 0 Å². The van der Waals surface area contributed by atoms with Crippen molar-refractivity contribution in [3.8, 4) is 5.69 Å². The van der Waals surface area contributed by atoms with Crippen molar-refractivity contribution in [2.24, 2.45) is 0 Å². The summed E-state index contributed by atoms with van der Waals surface area (Å²) in [4.78, 5) is 12.6. The van der Waals surface area contributed by atoms with Gasteiger partial charge < -0.3 is 5.32 Å². The summed E-state index contributed by atoms with van der Waals surface area (Å²) in [6, 6.07) is 20.0. The summed E-state index contributed by atoms with van der Waals surface area (Å²) in [5.74, 6) is 0.185. The Hall–Kier alpha value is -2.83. The number of carbonyl (C=O) groups excluding carboxylic acids is 1. The Morgan fingerprint density at radius 3 is 2.80 bits per heavy atom. The normalized spacial score (nSPS) is 12.1. The van der Waals surface area contributed by atoms with Gasteiger partial charge in [-0.15, -0.1) is 10.2 Å². The van der Waals surface area contributed by atoms with E-state index in [0.717, 1.165) is 27.6 Å². The molecular formula is C23H21ClN4OS. The lowest BCUT2D eigenvalue weighted by Crippen LogP contribution is -2.28. The average Bonchev–Trinajstić information content (AvgIpc) is 3.22. The summed E-state index contributed by atoms with van der Waals surface area (Å²) in [6.45, 7) is 3.95. The maximum Gasteiger partial charge on any atom is 0.230 e. The Labute approximate surface area is 184 Å². The number of fused-ring (bicyclic) bond motifs is 1. The third kappa shape index (κ3) is 4.35. The molecule has 0 unspecified atom stereocenters. The fraction of sp³-hybridized carbons (Fsp3) is 0.174. The monoisotopic (exact) mass is 436 g/mol. The van der Waals surface area contributed by atoms with Gasteiger partial charge >= 0.3 is 0 Å². The lowest BCUT2D eigenvalue weighted by Gasteiger charge is -2.16. The van der Waals surface area contributed by atoms with Gasteiger partial charge in [-0.05, 0) is 47.9 Å². The van der Waals surface area contributed by atoms with Crippen molar-refractivity contribution in [2.75, 3.05) is 5.75 Å². The summed E-state index contributed by atoms with van der Waals surface area (Å²) in [7, 11) is 0. The number of amides is 1. The van der Waals surface area contributed by atoms with Crippen LogP contribution in [0.25, 0.3) is 16.5 Å². The number of rotatable bonds is 6.